The van der Waals surface area contributed by atoms with E-state index in [1.165, 1.54) is 0 Å². The van der Waals surface area contributed by atoms with Gasteiger partial charge in [0.1, 0.15) is 6.61 Å². The molecule has 1 rings (SSSR count). The fourth-order valence-corrected chi connectivity index (χ4v) is 1.11. The van der Waals surface area contributed by atoms with Gasteiger partial charge < -0.3 is 10.1 Å². The number of rotatable bonds is 4. The Labute approximate surface area is 70.7 Å². The third-order valence-corrected chi connectivity index (χ3v) is 1.71. The zero-order valence-electron chi connectivity index (χ0n) is 6.78. The molecule has 1 amide bonds. The van der Waals surface area contributed by atoms with Gasteiger partial charge in [-0.25, -0.2) is 0 Å². The van der Waals surface area contributed by atoms with Gasteiger partial charge in [-0.2, -0.15) is 0 Å². The van der Waals surface area contributed by atoms with Crippen LogP contribution < -0.4 is 5.32 Å². The highest BCUT2D eigenvalue weighted by Gasteiger charge is 2.14. The fourth-order valence-electron chi connectivity index (χ4n) is 1.11. The van der Waals surface area contributed by atoms with Gasteiger partial charge >= 0.3 is 0 Å². The Bertz CT molecular complexity index is 172. The number of hydrogen-bond acceptors (Lipinski definition) is 4. The first-order valence-electron chi connectivity index (χ1n) is 3.87. The van der Waals surface area contributed by atoms with E-state index in [0.29, 0.717) is 32.7 Å². The minimum Gasteiger partial charge on any atom is -0.467 e. The van der Waals surface area contributed by atoms with Gasteiger partial charge in [-0.15, -0.1) is 0 Å². The summed E-state index contributed by atoms with van der Waals surface area (Å²) in [7, 11) is 0. The first kappa shape index (κ1) is 8.99. The number of nitrogens with zero attached hydrogens (tertiary/aromatic N) is 1. The predicted octanol–water partition coefficient (Wildman–Crippen LogP) is -1.41. The van der Waals surface area contributed by atoms with Gasteiger partial charge in [-0.3, -0.25) is 14.5 Å². The van der Waals surface area contributed by atoms with E-state index in [0.717, 1.165) is 6.54 Å². The molecule has 0 aromatic rings. The van der Waals surface area contributed by atoms with Crippen molar-refractivity contribution in [1.29, 1.82) is 0 Å². The molecule has 1 aliphatic rings. The summed E-state index contributed by atoms with van der Waals surface area (Å²) < 4.78 is 4.52. The molecule has 0 bridgehead atoms. The van der Waals surface area contributed by atoms with Gasteiger partial charge in [-0.05, 0) is 0 Å². The van der Waals surface area contributed by atoms with E-state index in [4.69, 9.17) is 0 Å². The van der Waals surface area contributed by atoms with Gasteiger partial charge in [0, 0.05) is 19.6 Å². The lowest BCUT2D eigenvalue weighted by atomic mass is 10.3. The molecule has 1 saturated heterocycles. The van der Waals surface area contributed by atoms with Crippen LogP contribution in [0.5, 0.6) is 0 Å². The van der Waals surface area contributed by atoms with Crippen molar-refractivity contribution in [2.45, 2.75) is 0 Å². The Hall–Kier alpha value is -1.10. The van der Waals surface area contributed by atoms with Gasteiger partial charge in [0.25, 0.3) is 6.47 Å². The first-order chi connectivity index (χ1) is 5.83. The van der Waals surface area contributed by atoms with E-state index in [1.807, 2.05) is 4.90 Å². The third-order valence-electron chi connectivity index (χ3n) is 1.71. The molecule has 0 unspecified atom stereocenters. The largest absolute Gasteiger partial charge is 0.467 e. The molecular weight excluding hydrogens is 160 g/mol. The van der Waals surface area contributed by atoms with E-state index < -0.39 is 0 Å². The molecular formula is C7H12N2O3. The summed E-state index contributed by atoms with van der Waals surface area (Å²) in [5, 5.41) is 2.71. The average molecular weight is 172 g/mol. The zero-order chi connectivity index (χ0) is 8.81. The monoisotopic (exact) mass is 172 g/mol. The highest BCUT2D eigenvalue weighted by Crippen LogP contribution is 1.91. The molecule has 0 radical (unpaired) electrons. The summed E-state index contributed by atoms with van der Waals surface area (Å²) in [5.74, 6) is 0.0346. The SMILES string of the molecule is O=COCCN1CCNC(=O)C1. The number of ether oxygens (including phenoxy) is 1. The topological polar surface area (TPSA) is 58.6 Å². The Balaban J connectivity index is 2.14. The van der Waals surface area contributed by atoms with Crippen LogP contribution in [-0.4, -0.2) is 50.1 Å². The molecule has 1 aliphatic heterocycles. The fraction of sp³-hybridized carbons (Fsp3) is 0.714. The van der Waals surface area contributed by atoms with E-state index in [1.54, 1.807) is 0 Å². The molecule has 5 heteroatoms. The number of carbonyl (C=O) groups excluding carboxylic acids is 2. The summed E-state index contributed by atoms with van der Waals surface area (Å²) in [6.45, 7) is 3.32. The van der Waals surface area contributed by atoms with Crippen molar-refractivity contribution in [1.82, 2.24) is 10.2 Å². The number of amides is 1. The van der Waals surface area contributed by atoms with Crippen molar-refractivity contribution < 1.29 is 14.3 Å². The average Bonchev–Trinajstić information content (AvgIpc) is 2.05. The minimum atomic E-state index is 0.0346. The number of nitrogens with one attached hydrogen (secondary N) is 1. The molecule has 0 aromatic heterocycles. The van der Waals surface area contributed by atoms with Crippen LogP contribution in [0, 0.1) is 0 Å². The van der Waals surface area contributed by atoms with Crippen LogP contribution in [-0.2, 0) is 14.3 Å². The van der Waals surface area contributed by atoms with Crippen molar-refractivity contribution in [2.75, 3.05) is 32.8 Å². The molecule has 0 spiro atoms. The molecule has 0 atom stereocenters. The Morgan fingerprint density at radius 1 is 1.67 bits per heavy atom. The van der Waals surface area contributed by atoms with Crippen molar-refractivity contribution in [2.24, 2.45) is 0 Å². The molecule has 12 heavy (non-hydrogen) atoms. The Morgan fingerprint density at radius 2 is 2.50 bits per heavy atom. The maximum atomic E-state index is 10.8. The van der Waals surface area contributed by atoms with Crippen LogP contribution in [0.2, 0.25) is 0 Å². The van der Waals surface area contributed by atoms with Gasteiger partial charge in [-0.1, -0.05) is 0 Å². The molecule has 0 saturated carbocycles. The summed E-state index contributed by atoms with van der Waals surface area (Å²) >= 11 is 0. The molecule has 0 aromatic carbocycles. The van der Waals surface area contributed by atoms with E-state index in [9.17, 15) is 9.59 Å². The molecule has 68 valence electrons. The van der Waals surface area contributed by atoms with Crippen LogP contribution in [0.4, 0.5) is 0 Å². The third kappa shape index (κ3) is 2.87. The zero-order valence-corrected chi connectivity index (χ0v) is 6.78. The molecule has 1 heterocycles. The first-order valence-corrected chi connectivity index (χ1v) is 3.87. The molecule has 0 aliphatic carbocycles. The second kappa shape index (κ2) is 4.71. The number of piperazine rings is 1. The highest BCUT2D eigenvalue weighted by molar-refractivity contribution is 5.78. The van der Waals surface area contributed by atoms with Crippen LogP contribution >= 0.6 is 0 Å². The van der Waals surface area contributed by atoms with Crippen LogP contribution in [0.15, 0.2) is 0 Å². The Morgan fingerprint density at radius 3 is 3.17 bits per heavy atom. The normalized spacial score (nSPS) is 18.5. The van der Waals surface area contributed by atoms with E-state index in [2.05, 4.69) is 10.1 Å². The van der Waals surface area contributed by atoms with Crippen molar-refractivity contribution >= 4 is 12.4 Å². The van der Waals surface area contributed by atoms with Crippen molar-refractivity contribution in [3.05, 3.63) is 0 Å². The molecule has 1 fully saturated rings. The maximum Gasteiger partial charge on any atom is 0.293 e. The quantitative estimate of drug-likeness (QED) is 0.418. The highest BCUT2D eigenvalue weighted by atomic mass is 16.5. The van der Waals surface area contributed by atoms with Crippen LogP contribution in [0.1, 0.15) is 0 Å². The summed E-state index contributed by atoms with van der Waals surface area (Å²) in [6.07, 6.45) is 0. The second-order valence-electron chi connectivity index (χ2n) is 2.59. The molecule has 1 N–H and O–H groups in total. The maximum absolute atomic E-state index is 10.8. The summed E-state index contributed by atoms with van der Waals surface area (Å²) in [4.78, 5) is 22.6. The molecule has 5 nitrogen and oxygen atoms in total. The smallest absolute Gasteiger partial charge is 0.293 e. The standard InChI is InChI=1S/C7H12N2O3/c10-6-12-4-3-9-2-1-8-7(11)5-9/h6H,1-5H2,(H,8,11). The number of carbonyl (C=O) groups is 2. The van der Waals surface area contributed by atoms with Crippen molar-refractivity contribution in [3.63, 3.8) is 0 Å². The van der Waals surface area contributed by atoms with E-state index >= 15 is 0 Å². The Kier molecular flexibility index (Phi) is 3.53. The van der Waals surface area contributed by atoms with Crippen molar-refractivity contribution in [3.8, 4) is 0 Å². The lowest BCUT2D eigenvalue weighted by molar-refractivity contribution is -0.129. The summed E-state index contributed by atoms with van der Waals surface area (Å²) in [5.41, 5.74) is 0. The second-order valence-corrected chi connectivity index (χ2v) is 2.59. The lowest BCUT2D eigenvalue weighted by Crippen LogP contribution is -2.48. The van der Waals surface area contributed by atoms with Gasteiger partial charge in [0.15, 0.2) is 0 Å². The predicted molar refractivity (Wildman–Crippen MR) is 41.5 cm³/mol. The lowest BCUT2D eigenvalue weighted by Gasteiger charge is -2.25. The van der Waals surface area contributed by atoms with E-state index in [-0.39, 0.29) is 5.91 Å². The van der Waals surface area contributed by atoms with Gasteiger partial charge in [0.05, 0.1) is 6.54 Å². The van der Waals surface area contributed by atoms with Gasteiger partial charge in [0.2, 0.25) is 5.91 Å². The van der Waals surface area contributed by atoms with Crippen LogP contribution in [0.25, 0.3) is 0 Å². The summed E-state index contributed by atoms with van der Waals surface area (Å²) in [6, 6.07) is 0. The van der Waals surface area contributed by atoms with Crippen LogP contribution in [0.3, 0.4) is 0 Å². The number of hydrogen-bond donors (Lipinski definition) is 1. The minimum absolute atomic E-state index is 0.0346.